The molecule has 1 amide bonds. The molecule has 9 heteroatoms. The summed E-state index contributed by atoms with van der Waals surface area (Å²) >= 11 is 1.19. The van der Waals surface area contributed by atoms with E-state index in [1.807, 2.05) is 6.92 Å². The molecule has 0 bridgehead atoms. The third-order valence-corrected chi connectivity index (χ3v) is 5.42. The Balaban J connectivity index is 2.00. The van der Waals surface area contributed by atoms with Crippen LogP contribution in [0.2, 0.25) is 0 Å². The highest BCUT2D eigenvalue weighted by molar-refractivity contribution is 7.93. The first-order valence-electron chi connectivity index (χ1n) is 7.32. The maximum absolute atomic E-state index is 12.3. The third-order valence-electron chi connectivity index (χ3n) is 3.13. The maximum Gasteiger partial charge on any atom is 0.263 e. The molecule has 2 N–H and O–H groups in total. The lowest BCUT2D eigenvalue weighted by Gasteiger charge is -2.06. The Morgan fingerprint density at radius 3 is 2.62 bits per heavy atom. The van der Waals surface area contributed by atoms with Crippen LogP contribution in [0.3, 0.4) is 0 Å². The van der Waals surface area contributed by atoms with Gasteiger partial charge in [0.25, 0.3) is 10.0 Å². The number of hydrogen-bond acceptors (Lipinski definition) is 6. The Kier molecular flexibility index (Phi) is 6.16. The van der Waals surface area contributed by atoms with Crippen molar-refractivity contribution < 1.29 is 17.9 Å². The number of ether oxygens (including phenoxy) is 1. The van der Waals surface area contributed by atoms with Gasteiger partial charge in [0.1, 0.15) is 5.75 Å². The van der Waals surface area contributed by atoms with Gasteiger partial charge in [-0.25, -0.2) is 13.4 Å². The van der Waals surface area contributed by atoms with E-state index in [2.05, 4.69) is 15.0 Å². The number of nitrogens with zero attached hydrogens (tertiary/aromatic N) is 1. The van der Waals surface area contributed by atoms with Crippen LogP contribution >= 0.6 is 11.3 Å². The van der Waals surface area contributed by atoms with Crippen LogP contribution in [0.5, 0.6) is 5.75 Å². The highest BCUT2D eigenvalue weighted by Gasteiger charge is 2.16. The van der Waals surface area contributed by atoms with Crippen LogP contribution in [0.4, 0.5) is 5.13 Å². The fraction of sp³-hybridized carbons (Fsp3) is 0.333. The van der Waals surface area contributed by atoms with Crippen LogP contribution in [0.1, 0.15) is 19.0 Å². The molecule has 2 rings (SSSR count). The highest BCUT2D eigenvalue weighted by atomic mass is 32.2. The zero-order valence-electron chi connectivity index (χ0n) is 13.4. The number of benzene rings is 1. The minimum Gasteiger partial charge on any atom is -0.497 e. The van der Waals surface area contributed by atoms with Gasteiger partial charge in [0.05, 0.1) is 17.7 Å². The molecule has 2 aromatic rings. The molecule has 0 radical (unpaired) electrons. The Bertz CT molecular complexity index is 785. The number of nitrogens with one attached hydrogen (secondary N) is 2. The predicted octanol–water partition coefficient (Wildman–Crippen LogP) is 2.02. The number of sulfonamides is 1. The zero-order valence-corrected chi connectivity index (χ0v) is 15.0. The van der Waals surface area contributed by atoms with E-state index >= 15 is 0 Å². The Morgan fingerprint density at radius 1 is 1.29 bits per heavy atom. The number of rotatable bonds is 8. The summed E-state index contributed by atoms with van der Waals surface area (Å²) in [6.07, 6.45) is 0.787. The summed E-state index contributed by atoms with van der Waals surface area (Å²) in [5, 5.41) is 4.72. The number of aromatic nitrogens is 1. The summed E-state index contributed by atoms with van der Waals surface area (Å²) < 4.78 is 32.1. The summed E-state index contributed by atoms with van der Waals surface area (Å²) in [7, 11) is -2.19. The number of anilines is 1. The van der Waals surface area contributed by atoms with Crippen LogP contribution in [-0.2, 0) is 21.2 Å². The van der Waals surface area contributed by atoms with E-state index in [0.29, 0.717) is 30.8 Å². The molecule has 0 spiro atoms. The second-order valence-corrected chi connectivity index (χ2v) is 7.42. The first-order chi connectivity index (χ1) is 11.4. The molecule has 1 aromatic heterocycles. The molecular weight excluding hydrogens is 350 g/mol. The van der Waals surface area contributed by atoms with E-state index in [0.717, 1.165) is 0 Å². The van der Waals surface area contributed by atoms with Crippen LogP contribution in [-0.4, -0.2) is 33.0 Å². The molecule has 130 valence electrons. The minimum atomic E-state index is -3.70. The fourth-order valence-electron chi connectivity index (χ4n) is 1.92. The molecule has 0 atom stereocenters. The second-order valence-electron chi connectivity index (χ2n) is 4.88. The lowest BCUT2D eigenvalue weighted by atomic mass is 10.2. The summed E-state index contributed by atoms with van der Waals surface area (Å²) in [5.74, 6) is 0.529. The van der Waals surface area contributed by atoms with Crippen molar-refractivity contribution in [2.24, 2.45) is 0 Å². The number of carbonyl (C=O) groups is 1. The van der Waals surface area contributed by atoms with Crippen LogP contribution in [0.15, 0.2) is 34.5 Å². The Hall–Kier alpha value is -2.13. The van der Waals surface area contributed by atoms with Gasteiger partial charge in [-0.15, -0.1) is 11.3 Å². The summed E-state index contributed by atoms with van der Waals surface area (Å²) in [4.78, 5) is 15.8. The van der Waals surface area contributed by atoms with Crippen molar-refractivity contribution in [2.75, 3.05) is 18.4 Å². The number of methoxy groups -OCH3 is 1. The van der Waals surface area contributed by atoms with Gasteiger partial charge >= 0.3 is 0 Å². The van der Waals surface area contributed by atoms with Gasteiger partial charge < -0.3 is 10.1 Å². The molecule has 7 nitrogen and oxygen atoms in total. The lowest BCUT2D eigenvalue weighted by Crippen LogP contribution is -2.22. The zero-order chi connectivity index (χ0) is 17.6. The first kappa shape index (κ1) is 18.2. The predicted molar refractivity (Wildman–Crippen MR) is 92.9 cm³/mol. The van der Waals surface area contributed by atoms with E-state index in [9.17, 15) is 13.2 Å². The summed E-state index contributed by atoms with van der Waals surface area (Å²) in [6, 6.07) is 6.08. The lowest BCUT2D eigenvalue weighted by molar-refractivity contribution is -0.120. The largest absolute Gasteiger partial charge is 0.497 e. The van der Waals surface area contributed by atoms with Crippen molar-refractivity contribution in [1.82, 2.24) is 10.3 Å². The molecule has 24 heavy (non-hydrogen) atoms. The second kappa shape index (κ2) is 8.11. The van der Waals surface area contributed by atoms with Crippen molar-refractivity contribution >= 4 is 32.4 Å². The molecule has 0 aliphatic carbocycles. The standard InChI is InChI=1S/C15H19N3O4S2/c1-3-16-14(19)9-4-11-10-23-15(17-11)18-24(20,21)13-7-5-12(22-2)6-8-13/h5-8,10H,3-4,9H2,1-2H3,(H,16,19)(H,17,18). The van der Waals surface area contributed by atoms with Gasteiger partial charge in [-0.1, -0.05) is 0 Å². The van der Waals surface area contributed by atoms with Gasteiger partial charge in [-0.2, -0.15) is 0 Å². The third kappa shape index (κ3) is 4.93. The molecule has 0 aliphatic rings. The molecule has 1 aromatic carbocycles. The molecular formula is C15H19N3O4S2. The SMILES string of the molecule is CCNC(=O)CCc1csc(NS(=O)(=O)c2ccc(OC)cc2)n1. The van der Waals surface area contributed by atoms with E-state index < -0.39 is 10.0 Å². The summed E-state index contributed by atoms with van der Waals surface area (Å²) in [6.45, 7) is 2.44. The van der Waals surface area contributed by atoms with Gasteiger partial charge in [-0.3, -0.25) is 9.52 Å². The van der Waals surface area contributed by atoms with Crippen LogP contribution < -0.4 is 14.8 Å². The number of carbonyl (C=O) groups excluding carboxylic acids is 1. The van der Waals surface area contributed by atoms with Gasteiger partial charge in [-0.05, 0) is 37.6 Å². The van der Waals surface area contributed by atoms with Gasteiger partial charge in [0.15, 0.2) is 5.13 Å². The van der Waals surface area contributed by atoms with Crippen molar-refractivity contribution in [2.45, 2.75) is 24.7 Å². The first-order valence-corrected chi connectivity index (χ1v) is 9.69. The molecule has 0 saturated heterocycles. The topological polar surface area (TPSA) is 97.4 Å². The van der Waals surface area contributed by atoms with Gasteiger partial charge in [0.2, 0.25) is 5.91 Å². The van der Waals surface area contributed by atoms with E-state index in [1.165, 1.54) is 30.6 Å². The average Bonchev–Trinajstić information content (AvgIpc) is 3.00. The van der Waals surface area contributed by atoms with E-state index in [-0.39, 0.29) is 15.9 Å². The normalized spacial score (nSPS) is 11.1. The van der Waals surface area contributed by atoms with Gasteiger partial charge in [0, 0.05) is 18.3 Å². The smallest absolute Gasteiger partial charge is 0.263 e. The Labute approximate surface area is 145 Å². The summed E-state index contributed by atoms with van der Waals surface area (Å²) in [5.41, 5.74) is 0.679. The minimum absolute atomic E-state index is 0.0501. The number of thiazole rings is 1. The fourth-order valence-corrected chi connectivity index (χ4v) is 3.92. The molecule has 1 heterocycles. The van der Waals surface area contributed by atoms with E-state index in [4.69, 9.17) is 4.74 Å². The average molecular weight is 369 g/mol. The number of aryl methyl sites for hydroxylation is 1. The monoisotopic (exact) mass is 369 g/mol. The highest BCUT2D eigenvalue weighted by Crippen LogP contribution is 2.22. The van der Waals surface area contributed by atoms with Crippen molar-refractivity contribution in [1.29, 1.82) is 0 Å². The van der Waals surface area contributed by atoms with E-state index in [1.54, 1.807) is 17.5 Å². The molecule has 0 fully saturated rings. The Morgan fingerprint density at radius 2 is 2.00 bits per heavy atom. The molecule has 0 aliphatic heterocycles. The van der Waals surface area contributed by atoms with Crippen molar-refractivity contribution in [3.8, 4) is 5.75 Å². The molecule has 0 unspecified atom stereocenters. The van der Waals surface area contributed by atoms with Crippen LogP contribution in [0.25, 0.3) is 0 Å². The molecule has 0 saturated carbocycles. The van der Waals surface area contributed by atoms with Crippen molar-refractivity contribution in [3.05, 3.63) is 35.3 Å². The van der Waals surface area contributed by atoms with Crippen LogP contribution in [0, 0.1) is 0 Å². The van der Waals surface area contributed by atoms with Crippen molar-refractivity contribution in [3.63, 3.8) is 0 Å². The maximum atomic E-state index is 12.3. The quantitative estimate of drug-likeness (QED) is 0.742. The number of amides is 1. The number of hydrogen-bond donors (Lipinski definition) is 2.